The van der Waals surface area contributed by atoms with E-state index in [9.17, 15) is 13.6 Å². The van der Waals surface area contributed by atoms with Gasteiger partial charge in [0.05, 0.1) is 5.69 Å². The third kappa shape index (κ3) is 3.60. The summed E-state index contributed by atoms with van der Waals surface area (Å²) in [5, 5.41) is 4.33. The zero-order valence-electron chi connectivity index (χ0n) is 15.3. The molecular formula is C21H19F2N3O2. The van der Waals surface area contributed by atoms with E-state index in [-0.39, 0.29) is 18.2 Å². The fourth-order valence-electron chi connectivity index (χ4n) is 3.19. The predicted molar refractivity (Wildman–Crippen MR) is 100 cm³/mol. The van der Waals surface area contributed by atoms with Crippen LogP contribution in [0.2, 0.25) is 0 Å². The monoisotopic (exact) mass is 383 g/mol. The summed E-state index contributed by atoms with van der Waals surface area (Å²) in [6.45, 7) is 1.93. The zero-order chi connectivity index (χ0) is 19.8. The van der Waals surface area contributed by atoms with Gasteiger partial charge >= 0.3 is 6.09 Å². The number of hydrogen-bond acceptors (Lipinski definition) is 3. The molecule has 3 aromatic rings. The van der Waals surface area contributed by atoms with E-state index in [0.717, 1.165) is 29.5 Å². The molecule has 28 heavy (non-hydrogen) atoms. The number of primary amides is 1. The summed E-state index contributed by atoms with van der Waals surface area (Å²) >= 11 is 0. The SMILES string of the molecule is Cc1ccc(-c2ccn(-c3c(F)cc(C4CC4)cc3F)n2)cc1COC(N)=O. The quantitative estimate of drug-likeness (QED) is 0.700. The molecule has 0 bridgehead atoms. The maximum atomic E-state index is 14.5. The van der Waals surface area contributed by atoms with E-state index >= 15 is 0 Å². The predicted octanol–water partition coefficient (Wildman–Crippen LogP) is 4.60. The molecule has 4 rings (SSSR count). The van der Waals surface area contributed by atoms with Gasteiger partial charge in [0.2, 0.25) is 0 Å². The van der Waals surface area contributed by atoms with Crippen LogP contribution in [0.25, 0.3) is 16.9 Å². The number of rotatable bonds is 5. The molecule has 1 heterocycles. The second-order valence-corrected chi connectivity index (χ2v) is 7.00. The molecule has 0 saturated heterocycles. The Bertz CT molecular complexity index is 1030. The van der Waals surface area contributed by atoms with Crippen molar-refractivity contribution in [3.05, 3.63) is 70.9 Å². The topological polar surface area (TPSA) is 70.1 Å². The number of carbonyl (C=O) groups is 1. The summed E-state index contributed by atoms with van der Waals surface area (Å²) in [5.41, 5.74) is 8.51. The van der Waals surface area contributed by atoms with E-state index in [2.05, 4.69) is 5.10 Å². The molecule has 1 aliphatic rings. The number of nitrogens with two attached hydrogens (primary N) is 1. The van der Waals surface area contributed by atoms with Gasteiger partial charge in [-0.1, -0.05) is 12.1 Å². The number of hydrogen-bond donors (Lipinski definition) is 1. The molecule has 0 aliphatic heterocycles. The standard InChI is InChI=1S/C21H19F2N3O2/c1-12-2-3-14(8-16(12)11-28-21(24)27)19-6-7-26(25-19)20-17(22)9-15(10-18(20)23)13-4-5-13/h2-3,6-10,13H,4-5,11H2,1H3,(H2,24,27). The lowest BCUT2D eigenvalue weighted by Crippen LogP contribution is -2.13. The molecule has 1 saturated carbocycles. The lowest BCUT2D eigenvalue weighted by molar-refractivity contribution is 0.150. The number of aromatic nitrogens is 2. The summed E-state index contributed by atoms with van der Waals surface area (Å²) in [6, 6.07) is 9.98. The molecule has 0 atom stereocenters. The first-order valence-electron chi connectivity index (χ1n) is 8.99. The molecule has 0 spiro atoms. The van der Waals surface area contributed by atoms with Crippen LogP contribution in [0.3, 0.4) is 0 Å². The number of ether oxygens (including phenoxy) is 1. The van der Waals surface area contributed by atoms with Crippen LogP contribution in [-0.4, -0.2) is 15.9 Å². The average molecular weight is 383 g/mol. The average Bonchev–Trinajstić information content (AvgIpc) is 3.39. The highest BCUT2D eigenvalue weighted by Crippen LogP contribution is 2.41. The minimum absolute atomic E-state index is 0.0433. The van der Waals surface area contributed by atoms with E-state index in [1.807, 2.05) is 25.1 Å². The fourth-order valence-corrected chi connectivity index (χ4v) is 3.19. The molecule has 2 N–H and O–H groups in total. The first-order chi connectivity index (χ1) is 13.4. The first-order valence-corrected chi connectivity index (χ1v) is 8.99. The van der Waals surface area contributed by atoms with Gasteiger partial charge in [-0.15, -0.1) is 0 Å². The van der Waals surface area contributed by atoms with Crippen molar-refractivity contribution in [1.29, 1.82) is 0 Å². The molecule has 1 aromatic heterocycles. The van der Waals surface area contributed by atoms with E-state index < -0.39 is 17.7 Å². The second kappa shape index (κ2) is 7.07. The molecule has 144 valence electrons. The van der Waals surface area contributed by atoms with Gasteiger partial charge in [0, 0.05) is 11.8 Å². The van der Waals surface area contributed by atoms with Crippen molar-refractivity contribution in [3.63, 3.8) is 0 Å². The maximum absolute atomic E-state index is 14.5. The number of carbonyl (C=O) groups excluding carboxylic acids is 1. The molecule has 5 nitrogen and oxygen atoms in total. The van der Waals surface area contributed by atoms with Crippen molar-refractivity contribution in [2.24, 2.45) is 5.73 Å². The summed E-state index contributed by atoms with van der Waals surface area (Å²) in [7, 11) is 0. The lowest BCUT2D eigenvalue weighted by Gasteiger charge is -2.09. The van der Waals surface area contributed by atoms with Crippen LogP contribution in [0.1, 0.15) is 35.4 Å². The number of amides is 1. The zero-order valence-corrected chi connectivity index (χ0v) is 15.3. The highest BCUT2D eigenvalue weighted by Gasteiger charge is 2.26. The molecule has 1 aliphatic carbocycles. The molecule has 7 heteroatoms. The fraction of sp³-hybridized carbons (Fsp3) is 0.238. The minimum atomic E-state index is -0.852. The Balaban J connectivity index is 1.65. The smallest absolute Gasteiger partial charge is 0.404 e. The molecular weight excluding hydrogens is 364 g/mol. The maximum Gasteiger partial charge on any atom is 0.404 e. The van der Waals surface area contributed by atoms with Crippen LogP contribution in [-0.2, 0) is 11.3 Å². The van der Waals surface area contributed by atoms with Crippen LogP contribution >= 0.6 is 0 Å². The lowest BCUT2D eigenvalue weighted by atomic mass is 10.0. The van der Waals surface area contributed by atoms with Crippen LogP contribution in [0.15, 0.2) is 42.6 Å². The van der Waals surface area contributed by atoms with E-state index in [0.29, 0.717) is 11.3 Å². The minimum Gasteiger partial charge on any atom is -0.445 e. The molecule has 1 fully saturated rings. The van der Waals surface area contributed by atoms with E-state index in [1.54, 1.807) is 6.07 Å². The van der Waals surface area contributed by atoms with Gasteiger partial charge < -0.3 is 10.5 Å². The van der Waals surface area contributed by atoms with Gasteiger partial charge in [-0.05, 0) is 66.6 Å². The third-order valence-corrected chi connectivity index (χ3v) is 4.92. The Morgan fingerprint density at radius 3 is 2.57 bits per heavy atom. The molecule has 0 radical (unpaired) electrons. The van der Waals surface area contributed by atoms with Crippen LogP contribution < -0.4 is 5.73 Å². The molecule has 2 aromatic carbocycles. The highest BCUT2D eigenvalue weighted by molar-refractivity contribution is 5.65. The van der Waals surface area contributed by atoms with Gasteiger partial charge in [0.15, 0.2) is 11.6 Å². The molecule has 0 unspecified atom stereocenters. The van der Waals surface area contributed by atoms with Gasteiger partial charge in [0.25, 0.3) is 0 Å². The first kappa shape index (κ1) is 18.2. The van der Waals surface area contributed by atoms with E-state index in [4.69, 9.17) is 10.5 Å². The summed E-state index contributed by atoms with van der Waals surface area (Å²) < 4.78 is 35.1. The van der Waals surface area contributed by atoms with Crippen LogP contribution in [0.5, 0.6) is 0 Å². The largest absolute Gasteiger partial charge is 0.445 e. The van der Waals surface area contributed by atoms with Gasteiger partial charge in [-0.2, -0.15) is 5.10 Å². The van der Waals surface area contributed by atoms with Gasteiger partial charge in [-0.25, -0.2) is 18.3 Å². The number of aryl methyl sites for hydroxylation is 1. The van der Waals surface area contributed by atoms with Crippen molar-refractivity contribution < 1.29 is 18.3 Å². The van der Waals surface area contributed by atoms with Crippen molar-refractivity contribution in [2.75, 3.05) is 0 Å². The van der Waals surface area contributed by atoms with Crippen LogP contribution in [0, 0.1) is 18.6 Å². The Labute approximate surface area is 160 Å². The molecule has 1 amide bonds. The number of nitrogens with zero attached hydrogens (tertiary/aromatic N) is 2. The van der Waals surface area contributed by atoms with E-state index in [1.165, 1.54) is 23.0 Å². The van der Waals surface area contributed by atoms with Gasteiger partial charge in [-0.3, -0.25) is 0 Å². The van der Waals surface area contributed by atoms with Gasteiger partial charge in [0.1, 0.15) is 12.3 Å². The third-order valence-electron chi connectivity index (χ3n) is 4.92. The Kier molecular flexibility index (Phi) is 4.58. The van der Waals surface area contributed by atoms with Crippen molar-refractivity contribution in [2.45, 2.75) is 32.3 Å². The summed E-state index contributed by atoms with van der Waals surface area (Å²) in [5.74, 6) is -0.994. The van der Waals surface area contributed by atoms with Crippen LogP contribution in [0.4, 0.5) is 13.6 Å². The summed E-state index contributed by atoms with van der Waals surface area (Å²) in [4.78, 5) is 10.8. The van der Waals surface area contributed by atoms with Crippen molar-refractivity contribution in [1.82, 2.24) is 9.78 Å². The number of benzene rings is 2. The second-order valence-electron chi connectivity index (χ2n) is 7.00. The summed E-state index contributed by atoms with van der Waals surface area (Å²) in [6.07, 6.45) is 2.61. The van der Waals surface area contributed by atoms with Crippen molar-refractivity contribution >= 4 is 6.09 Å². The number of halogens is 2. The van der Waals surface area contributed by atoms with Crippen molar-refractivity contribution in [3.8, 4) is 16.9 Å². The Hall–Kier alpha value is -3.22. The highest BCUT2D eigenvalue weighted by atomic mass is 19.1. The normalized spacial score (nSPS) is 13.5. The Morgan fingerprint density at radius 2 is 1.93 bits per heavy atom. The Morgan fingerprint density at radius 1 is 1.21 bits per heavy atom.